The Hall–Kier alpha value is -1.57. The highest BCUT2D eigenvalue weighted by atomic mass is 16.6. The summed E-state index contributed by atoms with van der Waals surface area (Å²) < 4.78 is 19.2. The van der Waals surface area contributed by atoms with E-state index in [9.17, 15) is 0 Å². The predicted molar refractivity (Wildman–Crippen MR) is 75.9 cm³/mol. The molecule has 2 aromatic rings. The summed E-state index contributed by atoms with van der Waals surface area (Å²) in [6.07, 6.45) is 3.51. The van der Waals surface area contributed by atoms with E-state index in [-0.39, 0.29) is 24.5 Å². The van der Waals surface area contributed by atoms with E-state index < -0.39 is 0 Å². The van der Waals surface area contributed by atoms with Gasteiger partial charge in [0.05, 0.1) is 18.1 Å². The van der Waals surface area contributed by atoms with Gasteiger partial charge in [-0.2, -0.15) is 0 Å². The number of hydrogen-bond donors (Lipinski definition) is 0. The summed E-state index contributed by atoms with van der Waals surface area (Å²) in [5.74, 6) is 0. The summed E-state index contributed by atoms with van der Waals surface area (Å²) in [4.78, 5) is 12.9. The molecule has 4 atom stereocenters. The SMILES string of the molecule is CC[C@H]1O[C@@H](n2cnc3c(C)ncnc32)[C@@H](OC)C1OC. The van der Waals surface area contributed by atoms with Crippen LogP contribution in [-0.4, -0.2) is 52.1 Å². The second kappa shape index (κ2) is 5.67. The maximum atomic E-state index is 6.12. The van der Waals surface area contributed by atoms with Crippen molar-refractivity contribution in [3.8, 4) is 0 Å². The second-order valence-corrected chi connectivity index (χ2v) is 5.16. The third-order valence-corrected chi connectivity index (χ3v) is 4.05. The lowest BCUT2D eigenvalue weighted by atomic mass is 10.1. The standard InChI is InChI=1S/C14H20N4O3/c1-5-9-11(19-3)12(20-4)14(21-9)18-7-17-10-8(2)15-6-16-13(10)18/h6-7,9,11-12,14H,5H2,1-4H3/t9-,11?,12+,14-/m1/s1. The molecule has 1 fully saturated rings. The van der Waals surface area contributed by atoms with Crippen molar-refractivity contribution in [2.45, 2.75) is 44.8 Å². The maximum absolute atomic E-state index is 6.12. The van der Waals surface area contributed by atoms with E-state index in [0.29, 0.717) is 0 Å². The molecule has 3 rings (SSSR count). The molecule has 0 amide bonds. The number of aromatic nitrogens is 4. The van der Waals surface area contributed by atoms with Gasteiger partial charge in [-0.1, -0.05) is 6.92 Å². The van der Waals surface area contributed by atoms with Crippen molar-refractivity contribution in [3.05, 3.63) is 18.3 Å². The van der Waals surface area contributed by atoms with E-state index in [1.54, 1.807) is 20.5 Å². The highest BCUT2D eigenvalue weighted by molar-refractivity contribution is 5.72. The number of fused-ring (bicyclic) bond motifs is 1. The molecule has 7 nitrogen and oxygen atoms in total. The minimum atomic E-state index is -0.302. The average molecular weight is 292 g/mol. The van der Waals surface area contributed by atoms with E-state index in [1.165, 1.54) is 6.33 Å². The number of nitrogens with zero attached hydrogens (tertiary/aromatic N) is 4. The van der Waals surface area contributed by atoms with Gasteiger partial charge in [0.25, 0.3) is 0 Å². The molecule has 0 aliphatic carbocycles. The van der Waals surface area contributed by atoms with E-state index in [4.69, 9.17) is 14.2 Å². The number of methoxy groups -OCH3 is 2. The first-order valence-corrected chi connectivity index (χ1v) is 7.06. The fourth-order valence-electron chi connectivity index (χ4n) is 2.95. The number of aryl methyl sites for hydroxylation is 1. The molecule has 0 bridgehead atoms. The Kier molecular flexibility index (Phi) is 3.88. The van der Waals surface area contributed by atoms with Crippen LogP contribution >= 0.6 is 0 Å². The van der Waals surface area contributed by atoms with E-state index in [0.717, 1.165) is 23.3 Å². The summed E-state index contributed by atoms with van der Waals surface area (Å²) >= 11 is 0. The first-order chi connectivity index (χ1) is 10.2. The predicted octanol–water partition coefficient (Wildman–Crippen LogP) is 1.47. The Morgan fingerprint density at radius 3 is 2.62 bits per heavy atom. The fourth-order valence-corrected chi connectivity index (χ4v) is 2.95. The van der Waals surface area contributed by atoms with Crippen LogP contribution in [0.5, 0.6) is 0 Å². The normalized spacial score (nSPS) is 29.3. The number of rotatable bonds is 4. The summed E-state index contributed by atoms with van der Waals surface area (Å²) in [5.41, 5.74) is 2.38. The van der Waals surface area contributed by atoms with Crippen LogP contribution in [-0.2, 0) is 14.2 Å². The highest BCUT2D eigenvalue weighted by Gasteiger charge is 2.45. The van der Waals surface area contributed by atoms with Gasteiger partial charge >= 0.3 is 0 Å². The Morgan fingerprint density at radius 1 is 1.19 bits per heavy atom. The van der Waals surface area contributed by atoms with Crippen molar-refractivity contribution in [1.82, 2.24) is 19.5 Å². The van der Waals surface area contributed by atoms with Crippen LogP contribution in [0.2, 0.25) is 0 Å². The van der Waals surface area contributed by atoms with Gasteiger partial charge in [0.2, 0.25) is 0 Å². The summed E-state index contributed by atoms with van der Waals surface area (Å²) in [5, 5.41) is 0. The minimum absolute atomic E-state index is 0.00895. The lowest BCUT2D eigenvalue weighted by Crippen LogP contribution is -2.34. The summed E-state index contributed by atoms with van der Waals surface area (Å²) in [7, 11) is 3.36. The molecule has 3 heterocycles. The van der Waals surface area contributed by atoms with Crippen molar-refractivity contribution in [2.24, 2.45) is 0 Å². The Bertz CT molecular complexity index is 630. The zero-order valence-electron chi connectivity index (χ0n) is 12.7. The molecule has 21 heavy (non-hydrogen) atoms. The van der Waals surface area contributed by atoms with Crippen molar-refractivity contribution < 1.29 is 14.2 Å². The minimum Gasteiger partial charge on any atom is -0.376 e. The first-order valence-electron chi connectivity index (χ1n) is 7.06. The smallest absolute Gasteiger partial charge is 0.166 e. The first kappa shape index (κ1) is 14.4. The molecule has 114 valence electrons. The Balaban J connectivity index is 2.03. The lowest BCUT2D eigenvalue weighted by molar-refractivity contribution is -0.0517. The maximum Gasteiger partial charge on any atom is 0.166 e. The van der Waals surface area contributed by atoms with Gasteiger partial charge in [0.15, 0.2) is 11.9 Å². The molecular formula is C14H20N4O3. The van der Waals surface area contributed by atoms with Crippen LogP contribution in [0, 0.1) is 6.92 Å². The molecule has 1 aliphatic rings. The van der Waals surface area contributed by atoms with Gasteiger partial charge in [-0.05, 0) is 13.3 Å². The van der Waals surface area contributed by atoms with Gasteiger partial charge in [-0.15, -0.1) is 0 Å². The summed E-state index contributed by atoms with van der Waals surface area (Å²) in [6, 6.07) is 0. The fraction of sp³-hybridized carbons (Fsp3) is 0.643. The number of imidazole rings is 1. The van der Waals surface area contributed by atoms with Gasteiger partial charge < -0.3 is 14.2 Å². The molecule has 1 aliphatic heterocycles. The topological polar surface area (TPSA) is 71.3 Å². The van der Waals surface area contributed by atoms with Crippen LogP contribution in [0.3, 0.4) is 0 Å². The largest absolute Gasteiger partial charge is 0.376 e. The third kappa shape index (κ3) is 2.21. The molecule has 0 spiro atoms. The van der Waals surface area contributed by atoms with Crippen molar-refractivity contribution in [2.75, 3.05) is 14.2 Å². The quantitative estimate of drug-likeness (QED) is 0.850. The molecule has 7 heteroatoms. The van der Waals surface area contributed by atoms with Crippen molar-refractivity contribution >= 4 is 11.2 Å². The molecule has 0 aromatic carbocycles. The van der Waals surface area contributed by atoms with Crippen LogP contribution in [0.25, 0.3) is 11.2 Å². The highest BCUT2D eigenvalue weighted by Crippen LogP contribution is 2.35. The molecule has 0 saturated carbocycles. The lowest BCUT2D eigenvalue weighted by Gasteiger charge is -2.21. The number of hydrogen-bond acceptors (Lipinski definition) is 6. The Labute approximate surface area is 123 Å². The second-order valence-electron chi connectivity index (χ2n) is 5.16. The Morgan fingerprint density at radius 2 is 1.95 bits per heavy atom. The van der Waals surface area contributed by atoms with Crippen LogP contribution in [0.1, 0.15) is 25.3 Å². The zero-order valence-corrected chi connectivity index (χ0v) is 12.7. The van der Waals surface area contributed by atoms with Crippen molar-refractivity contribution in [1.29, 1.82) is 0 Å². The van der Waals surface area contributed by atoms with Gasteiger partial charge in [0.1, 0.15) is 24.1 Å². The average Bonchev–Trinajstić information content (AvgIpc) is 3.07. The van der Waals surface area contributed by atoms with E-state index in [1.807, 2.05) is 11.5 Å². The van der Waals surface area contributed by atoms with Crippen molar-refractivity contribution in [3.63, 3.8) is 0 Å². The molecular weight excluding hydrogens is 272 g/mol. The molecule has 0 radical (unpaired) electrons. The number of ether oxygens (including phenoxy) is 3. The van der Waals surface area contributed by atoms with E-state index >= 15 is 0 Å². The molecule has 2 aromatic heterocycles. The van der Waals surface area contributed by atoms with E-state index in [2.05, 4.69) is 21.9 Å². The van der Waals surface area contributed by atoms with Crippen LogP contribution < -0.4 is 0 Å². The molecule has 1 unspecified atom stereocenters. The summed E-state index contributed by atoms with van der Waals surface area (Å²) in [6.45, 7) is 3.99. The third-order valence-electron chi connectivity index (χ3n) is 4.05. The monoisotopic (exact) mass is 292 g/mol. The zero-order chi connectivity index (χ0) is 15.0. The van der Waals surface area contributed by atoms with Gasteiger partial charge in [-0.3, -0.25) is 4.57 Å². The van der Waals surface area contributed by atoms with Gasteiger partial charge in [-0.25, -0.2) is 15.0 Å². The van der Waals surface area contributed by atoms with Gasteiger partial charge in [0, 0.05) is 14.2 Å². The van der Waals surface area contributed by atoms with Crippen LogP contribution in [0.4, 0.5) is 0 Å². The molecule has 1 saturated heterocycles. The van der Waals surface area contributed by atoms with Crippen LogP contribution in [0.15, 0.2) is 12.7 Å². The molecule has 0 N–H and O–H groups in total.